The Labute approximate surface area is 127 Å². The zero-order chi connectivity index (χ0) is 16.6. The molecule has 0 bridgehead atoms. The fraction of sp³-hybridized carbons (Fsp3) is 0.467. The van der Waals surface area contributed by atoms with Crippen LogP contribution in [0.5, 0.6) is 0 Å². The first kappa shape index (κ1) is 18.0. The molecule has 1 rings (SSSR count). The van der Waals surface area contributed by atoms with Crippen molar-refractivity contribution in [2.24, 2.45) is 0 Å². The number of para-hydroxylation sites is 1. The number of carbonyl (C=O) groups is 2. The Morgan fingerprint density at radius 1 is 1.09 bits per heavy atom. The second-order valence-electron chi connectivity index (χ2n) is 4.83. The number of unbranched alkanes of at least 4 members (excludes halogenated alkanes) is 2. The van der Waals surface area contributed by atoms with E-state index in [2.05, 4.69) is 10.6 Å². The van der Waals surface area contributed by atoms with Gasteiger partial charge in [0.2, 0.25) is 11.8 Å². The summed E-state index contributed by atoms with van der Waals surface area (Å²) in [4.78, 5) is 23.1. The fourth-order valence-corrected chi connectivity index (χ4v) is 1.84. The summed E-state index contributed by atoms with van der Waals surface area (Å²) in [6.45, 7) is 2.48. The zero-order valence-electron chi connectivity index (χ0n) is 12.3. The summed E-state index contributed by atoms with van der Waals surface area (Å²) in [5.74, 6) is -1.28. The number of nitrogens with one attached hydrogen (secondary N) is 2. The number of anilines is 1. The molecule has 0 aliphatic rings. The van der Waals surface area contributed by atoms with E-state index >= 15 is 0 Å². The van der Waals surface area contributed by atoms with Crippen molar-refractivity contribution in [3.05, 3.63) is 29.8 Å². The Bertz CT molecular complexity index is 516. The average molecular weight is 316 g/mol. The first-order valence-electron chi connectivity index (χ1n) is 7.07. The van der Waals surface area contributed by atoms with Gasteiger partial charge in [0, 0.05) is 6.54 Å². The molecule has 0 atom stereocenters. The lowest BCUT2D eigenvalue weighted by molar-refractivity contribution is -0.137. The molecule has 4 nitrogen and oxygen atoms in total. The van der Waals surface area contributed by atoms with E-state index in [0.29, 0.717) is 6.54 Å². The summed E-state index contributed by atoms with van der Waals surface area (Å²) < 4.78 is 38.3. The topological polar surface area (TPSA) is 58.2 Å². The van der Waals surface area contributed by atoms with E-state index in [0.717, 1.165) is 31.4 Å². The quantitative estimate of drug-likeness (QED) is 0.599. The van der Waals surface area contributed by atoms with Crippen LogP contribution in [0, 0.1) is 0 Å². The van der Waals surface area contributed by atoms with Gasteiger partial charge in [-0.25, -0.2) is 0 Å². The number of hydrogen-bond acceptors (Lipinski definition) is 2. The zero-order valence-corrected chi connectivity index (χ0v) is 12.3. The van der Waals surface area contributed by atoms with Crippen LogP contribution in [0.25, 0.3) is 0 Å². The summed E-state index contributed by atoms with van der Waals surface area (Å²) in [5.41, 5.74) is -1.29. The molecular weight excluding hydrogens is 297 g/mol. The van der Waals surface area contributed by atoms with Crippen LogP contribution in [0.15, 0.2) is 24.3 Å². The lowest BCUT2D eigenvalue weighted by Gasteiger charge is -2.13. The van der Waals surface area contributed by atoms with Crippen LogP contribution >= 0.6 is 0 Å². The molecule has 2 amide bonds. The molecule has 2 N–H and O–H groups in total. The minimum Gasteiger partial charge on any atom is -0.356 e. The van der Waals surface area contributed by atoms with E-state index in [1.165, 1.54) is 12.1 Å². The van der Waals surface area contributed by atoms with Crippen LogP contribution in [0.3, 0.4) is 0 Å². The Morgan fingerprint density at radius 3 is 2.41 bits per heavy atom. The lowest BCUT2D eigenvalue weighted by atomic mass is 10.1. The molecule has 22 heavy (non-hydrogen) atoms. The molecule has 1 aromatic rings. The van der Waals surface area contributed by atoms with Gasteiger partial charge in [0.25, 0.3) is 0 Å². The maximum Gasteiger partial charge on any atom is 0.418 e. The molecule has 0 unspecified atom stereocenters. The van der Waals surface area contributed by atoms with Crippen LogP contribution in [-0.2, 0) is 15.8 Å². The Hall–Kier alpha value is -2.05. The second-order valence-corrected chi connectivity index (χ2v) is 4.83. The van der Waals surface area contributed by atoms with E-state index in [9.17, 15) is 22.8 Å². The first-order valence-corrected chi connectivity index (χ1v) is 7.07. The number of alkyl halides is 3. The van der Waals surface area contributed by atoms with E-state index < -0.39 is 30.0 Å². The third-order valence-electron chi connectivity index (χ3n) is 2.93. The van der Waals surface area contributed by atoms with Crippen molar-refractivity contribution in [2.45, 2.75) is 38.8 Å². The molecule has 0 heterocycles. The maximum atomic E-state index is 12.8. The number of hydrogen-bond donors (Lipinski definition) is 2. The number of halogens is 3. The van der Waals surface area contributed by atoms with Gasteiger partial charge in [0.1, 0.15) is 6.42 Å². The summed E-state index contributed by atoms with van der Waals surface area (Å²) in [5, 5.41) is 4.69. The molecule has 1 aromatic carbocycles. The van der Waals surface area contributed by atoms with E-state index in [1.54, 1.807) is 0 Å². The van der Waals surface area contributed by atoms with Crippen LogP contribution in [-0.4, -0.2) is 18.4 Å². The predicted molar refractivity (Wildman–Crippen MR) is 77.2 cm³/mol. The second kappa shape index (κ2) is 8.41. The van der Waals surface area contributed by atoms with Crippen molar-refractivity contribution in [1.29, 1.82) is 0 Å². The van der Waals surface area contributed by atoms with Gasteiger partial charge in [-0.05, 0) is 18.6 Å². The molecule has 7 heteroatoms. The minimum absolute atomic E-state index is 0.348. The third-order valence-corrected chi connectivity index (χ3v) is 2.93. The predicted octanol–water partition coefficient (Wildman–Crippen LogP) is 3.34. The van der Waals surface area contributed by atoms with Crippen LogP contribution in [0.4, 0.5) is 18.9 Å². The number of amides is 2. The van der Waals surface area contributed by atoms with E-state index in [4.69, 9.17) is 0 Å². The number of carbonyl (C=O) groups excluding carboxylic acids is 2. The van der Waals surface area contributed by atoms with Crippen molar-refractivity contribution < 1.29 is 22.8 Å². The summed E-state index contributed by atoms with van der Waals surface area (Å²) >= 11 is 0. The molecule has 0 fully saturated rings. The minimum atomic E-state index is -4.56. The van der Waals surface area contributed by atoms with Gasteiger partial charge in [0.15, 0.2) is 0 Å². The third kappa shape index (κ3) is 6.15. The Kier molecular flexibility index (Phi) is 6.88. The van der Waals surface area contributed by atoms with Crippen molar-refractivity contribution in [2.75, 3.05) is 11.9 Å². The average Bonchev–Trinajstić information content (AvgIpc) is 2.43. The SMILES string of the molecule is CCCCCNC(=O)CC(=O)Nc1ccccc1C(F)(F)F. The van der Waals surface area contributed by atoms with Gasteiger partial charge in [-0.3, -0.25) is 9.59 Å². The molecular formula is C15H19F3N2O2. The van der Waals surface area contributed by atoms with E-state index in [-0.39, 0.29) is 5.69 Å². The first-order chi connectivity index (χ1) is 10.3. The number of benzene rings is 1. The fourth-order valence-electron chi connectivity index (χ4n) is 1.84. The highest BCUT2D eigenvalue weighted by Gasteiger charge is 2.33. The normalized spacial score (nSPS) is 11.1. The van der Waals surface area contributed by atoms with Gasteiger partial charge in [-0.2, -0.15) is 13.2 Å². The molecule has 0 aliphatic heterocycles. The van der Waals surface area contributed by atoms with Gasteiger partial charge < -0.3 is 10.6 Å². The molecule has 0 saturated carbocycles. The molecule has 0 aromatic heterocycles. The number of rotatable bonds is 7. The van der Waals surface area contributed by atoms with Gasteiger partial charge in [0.05, 0.1) is 11.3 Å². The van der Waals surface area contributed by atoms with Crippen molar-refractivity contribution in [3.8, 4) is 0 Å². The van der Waals surface area contributed by atoms with Crippen LogP contribution in [0.1, 0.15) is 38.2 Å². The van der Waals surface area contributed by atoms with E-state index in [1.807, 2.05) is 6.92 Å². The van der Waals surface area contributed by atoms with Gasteiger partial charge in [-0.1, -0.05) is 31.9 Å². The summed E-state index contributed by atoms with van der Waals surface area (Å²) in [6, 6.07) is 4.65. The summed E-state index contributed by atoms with van der Waals surface area (Å²) in [7, 11) is 0. The molecule has 0 saturated heterocycles. The standard InChI is InChI=1S/C15H19F3N2O2/c1-2-3-6-9-19-13(21)10-14(22)20-12-8-5-4-7-11(12)15(16,17)18/h4-5,7-8H,2-3,6,9-10H2,1H3,(H,19,21)(H,20,22). The van der Waals surface area contributed by atoms with Crippen LogP contribution < -0.4 is 10.6 Å². The largest absolute Gasteiger partial charge is 0.418 e. The van der Waals surface area contributed by atoms with Gasteiger partial charge in [-0.15, -0.1) is 0 Å². The maximum absolute atomic E-state index is 12.8. The van der Waals surface area contributed by atoms with Gasteiger partial charge >= 0.3 is 6.18 Å². The summed E-state index contributed by atoms with van der Waals surface area (Å²) in [6.07, 6.45) is -2.29. The smallest absolute Gasteiger partial charge is 0.356 e. The van der Waals surface area contributed by atoms with Crippen molar-refractivity contribution in [1.82, 2.24) is 5.32 Å². The highest BCUT2D eigenvalue weighted by atomic mass is 19.4. The monoisotopic (exact) mass is 316 g/mol. The highest BCUT2D eigenvalue weighted by Crippen LogP contribution is 2.34. The van der Waals surface area contributed by atoms with Crippen molar-refractivity contribution >= 4 is 17.5 Å². The molecule has 0 radical (unpaired) electrons. The molecule has 0 spiro atoms. The lowest BCUT2D eigenvalue weighted by Crippen LogP contribution is -2.29. The molecule has 122 valence electrons. The Balaban J connectivity index is 2.54. The highest BCUT2D eigenvalue weighted by molar-refractivity contribution is 6.03. The Morgan fingerprint density at radius 2 is 1.77 bits per heavy atom. The van der Waals surface area contributed by atoms with Crippen molar-refractivity contribution in [3.63, 3.8) is 0 Å². The molecule has 0 aliphatic carbocycles. The van der Waals surface area contributed by atoms with Crippen LogP contribution in [0.2, 0.25) is 0 Å².